The highest BCUT2D eigenvalue weighted by atomic mass is 79.9. The molecule has 1 amide bonds. The van der Waals surface area contributed by atoms with Crippen LogP contribution < -0.4 is 10.1 Å². The summed E-state index contributed by atoms with van der Waals surface area (Å²) in [7, 11) is 0. The number of rotatable bonds is 6. The number of carbonyl (C=O) groups excluding carboxylic acids is 2. The van der Waals surface area contributed by atoms with Crippen molar-refractivity contribution in [2.24, 2.45) is 0 Å². The lowest BCUT2D eigenvalue weighted by molar-refractivity contribution is -0.118. The molecule has 3 aromatic rings. The van der Waals surface area contributed by atoms with Gasteiger partial charge in [0.15, 0.2) is 12.4 Å². The average molecular weight is 445 g/mol. The van der Waals surface area contributed by atoms with Crippen LogP contribution in [0.15, 0.2) is 77.3 Å². The Morgan fingerprint density at radius 2 is 1.63 bits per heavy atom. The minimum atomic E-state index is -0.366. The van der Waals surface area contributed by atoms with Crippen molar-refractivity contribution in [3.05, 3.63) is 93.4 Å². The maximum Gasteiger partial charge on any atom is 0.262 e. The molecule has 0 atom stereocenters. The van der Waals surface area contributed by atoms with Gasteiger partial charge in [-0.3, -0.25) is 9.59 Å². The van der Waals surface area contributed by atoms with Crippen LogP contribution in [0.4, 0.5) is 5.69 Å². The van der Waals surface area contributed by atoms with E-state index in [0.717, 1.165) is 4.47 Å². The highest BCUT2D eigenvalue weighted by Gasteiger charge is 2.18. The first-order valence-electron chi connectivity index (χ1n) is 8.11. The first-order chi connectivity index (χ1) is 13.0. The molecule has 0 spiro atoms. The van der Waals surface area contributed by atoms with Crippen LogP contribution in [0.5, 0.6) is 5.75 Å². The normalized spacial score (nSPS) is 10.3. The van der Waals surface area contributed by atoms with Gasteiger partial charge in [-0.15, -0.1) is 0 Å². The number of halogens is 2. The summed E-state index contributed by atoms with van der Waals surface area (Å²) in [5.74, 6) is -0.0496. The molecule has 0 fully saturated rings. The van der Waals surface area contributed by atoms with Crippen LogP contribution in [0, 0.1) is 0 Å². The largest absolute Gasteiger partial charge is 0.484 e. The van der Waals surface area contributed by atoms with Gasteiger partial charge in [-0.05, 0) is 42.5 Å². The van der Waals surface area contributed by atoms with Gasteiger partial charge in [0.2, 0.25) is 0 Å². The van der Waals surface area contributed by atoms with Crippen LogP contribution in [0.25, 0.3) is 0 Å². The average Bonchev–Trinajstić information content (AvgIpc) is 2.68. The minimum absolute atomic E-state index is 0.167. The number of hydrogen-bond donors (Lipinski definition) is 1. The highest BCUT2D eigenvalue weighted by molar-refractivity contribution is 9.10. The maximum absolute atomic E-state index is 12.9. The summed E-state index contributed by atoms with van der Waals surface area (Å²) < 4.78 is 6.16. The second-order valence-corrected chi connectivity index (χ2v) is 6.97. The summed E-state index contributed by atoms with van der Waals surface area (Å²) in [6.45, 7) is -0.167. The van der Waals surface area contributed by atoms with Gasteiger partial charge in [-0.2, -0.15) is 0 Å². The number of amides is 1. The number of anilines is 1. The van der Waals surface area contributed by atoms with Gasteiger partial charge in [-0.25, -0.2) is 0 Å². The molecule has 0 radical (unpaired) electrons. The van der Waals surface area contributed by atoms with Gasteiger partial charge in [0.1, 0.15) is 5.75 Å². The van der Waals surface area contributed by atoms with E-state index >= 15 is 0 Å². The Balaban J connectivity index is 1.79. The number of carbonyl (C=O) groups is 2. The van der Waals surface area contributed by atoms with Crippen molar-refractivity contribution in [2.75, 3.05) is 11.9 Å². The number of nitrogens with one attached hydrogen (secondary N) is 1. The molecule has 27 heavy (non-hydrogen) atoms. The van der Waals surface area contributed by atoms with Gasteiger partial charge >= 0.3 is 0 Å². The van der Waals surface area contributed by atoms with Crippen molar-refractivity contribution >= 4 is 44.9 Å². The predicted molar refractivity (Wildman–Crippen MR) is 110 cm³/mol. The number of ketones is 1. The fourth-order valence-corrected chi connectivity index (χ4v) is 3.04. The zero-order valence-electron chi connectivity index (χ0n) is 14.1. The van der Waals surface area contributed by atoms with Crippen LogP contribution in [0.3, 0.4) is 0 Å². The van der Waals surface area contributed by atoms with Gasteiger partial charge in [0.05, 0.1) is 10.7 Å². The lowest BCUT2D eigenvalue weighted by Gasteiger charge is -2.12. The smallest absolute Gasteiger partial charge is 0.262 e. The molecule has 3 rings (SSSR count). The number of ether oxygens (including phenoxy) is 1. The molecule has 0 unspecified atom stereocenters. The van der Waals surface area contributed by atoms with Crippen LogP contribution in [-0.2, 0) is 4.79 Å². The zero-order chi connectivity index (χ0) is 19.2. The number of para-hydroxylation sites is 1. The molecule has 0 bridgehead atoms. The maximum atomic E-state index is 12.9. The van der Waals surface area contributed by atoms with E-state index in [0.29, 0.717) is 27.6 Å². The lowest BCUT2D eigenvalue weighted by atomic mass is 10.0. The third kappa shape index (κ3) is 4.96. The van der Waals surface area contributed by atoms with Crippen molar-refractivity contribution in [2.45, 2.75) is 0 Å². The van der Waals surface area contributed by atoms with Crippen molar-refractivity contribution < 1.29 is 14.3 Å². The molecule has 0 aromatic heterocycles. The molecule has 136 valence electrons. The standard InChI is InChI=1S/C21H15BrClNO3/c22-14-10-11-19(24-20(25)13-27-15-6-2-1-3-7-15)17(12-14)21(26)16-8-4-5-9-18(16)23/h1-12H,13H2,(H,24,25). The van der Waals surface area contributed by atoms with Crippen molar-refractivity contribution in [3.63, 3.8) is 0 Å². The monoisotopic (exact) mass is 443 g/mol. The van der Waals surface area contributed by atoms with Crippen molar-refractivity contribution in [1.29, 1.82) is 0 Å². The summed E-state index contributed by atoms with van der Waals surface area (Å²) in [4.78, 5) is 25.2. The topological polar surface area (TPSA) is 55.4 Å². The molecular weight excluding hydrogens is 430 g/mol. The number of hydrogen-bond acceptors (Lipinski definition) is 3. The molecule has 6 heteroatoms. The minimum Gasteiger partial charge on any atom is -0.484 e. The lowest BCUT2D eigenvalue weighted by Crippen LogP contribution is -2.21. The Morgan fingerprint density at radius 3 is 2.37 bits per heavy atom. The Hall–Kier alpha value is -2.63. The SMILES string of the molecule is O=C(COc1ccccc1)Nc1ccc(Br)cc1C(=O)c1ccccc1Cl. The fourth-order valence-electron chi connectivity index (χ4n) is 2.46. The van der Waals surface area contributed by atoms with Crippen LogP contribution in [-0.4, -0.2) is 18.3 Å². The molecule has 0 saturated heterocycles. The Morgan fingerprint density at radius 1 is 0.926 bits per heavy atom. The van der Waals surface area contributed by atoms with Gasteiger partial charge in [-0.1, -0.05) is 57.9 Å². The molecule has 0 heterocycles. The summed E-state index contributed by atoms with van der Waals surface area (Å²) in [5, 5.41) is 3.08. The molecule has 4 nitrogen and oxygen atoms in total. The van der Waals surface area contributed by atoms with E-state index in [2.05, 4.69) is 21.2 Å². The second kappa shape index (κ2) is 8.84. The summed E-state index contributed by atoms with van der Waals surface area (Å²) in [6, 6.07) is 20.9. The predicted octanol–water partition coefficient (Wildman–Crippen LogP) is 5.35. The van der Waals surface area contributed by atoms with Crippen molar-refractivity contribution in [3.8, 4) is 5.75 Å². The van der Waals surface area contributed by atoms with Crippen LogP contribution in [0.2, 0.25) is 5.02 Å². The molecule has 3 aromatic carbocycles. The van der Waals surface area contributed by atoms with Crippen LogP contribution >= 0.6 is 27.5 Å². The zero-order valence-corrected chi connectivity index (χ0v) is 16.5. The highest BCUT2D eigenvalue weighted by Crippen LogP contribution is 2.26. The molecule has 0 aliphatic rings. The van der Waals surface area contributed by atoms with E-state index in [1.165, 1.54) is 0 Å². The Kier molecular flexibility index (Phi) is 6.27. The molecular formula is C21H15BrClNO3. The Bertz CT molecular complexity index is 976. The summed E-state index contributed by atoms with van der Waals surface area (Å²) in [6.07, 6.45) is 0. The van der Waals surface area contributed by atoms with Gasteiger partial charge in [0.25, 0.3) is 5.91 Å². The molecule has 0 aliphatic heterocycles. The van der Waals surface area contributed by atoms with E-state index in [1.54, 1.807) is 54.6 Å². The van der Waals surface area contributed by atoms with E-state index in [4.69, 9.17) is 16.3 Å². The van der Waals surface area contributed by atoms with Gasteiger partial charge in [0, 0.05) is 15.6 Å². The van der Waals surface area contributed by atoms with Gasteiger partial charge < -0.3 is 10.1 Å². The van der Waals surface area contributed by atoms with E-state index in [-0.39, 0.29) is 18.3 Å². The molecule has 1 N–H and O–H groups in total. The van der Waals surface area contributed by atoms with Crippen LogP contribution in [0.1, 0.15) is 15.9 Å². The summed E-state index contributed by atoms with van der Waals surface area (Å²) >= 11 is 9.51. The van der Waals surface area contributed by atoms with E-state index in [1.807, 2.05) is 18.2 Å². The Labute approximate surface area is 170 Å². The third-order valence-electron chi connectivity index (χ3n) is 3.73. The quantitative estimate of drug-likeness (QED) is 0.521. The number of benzene rings is 3. The van der Waals surface area contributed by atoms with E-state index in [9.17, 15) is 9.59 Å². The fraction of sp³-hybridized carbons (Fsp3) is 0.0476. The third-order valence-corrected chi connectivity index (χ3v) is 4.55. The second-order valence-electron chi connectivity index (χ2n) is 5.65. The summed E-state index contributed by atoms with van der Waals surface area (Å²) in [5.41, 5.74) is 1.10. The first kappa shape index (κ1) is 19.1. The van der Waals surface area contributed by atoms with Crippen molar-refractivity contribution in [1.82, 2.24) is 0 Å². The molecule has 0 aliphatic carbocycles. The first-order valence-corrected chi connectivity index (χ1v) is 9.28. The molecule has 0 saturated carbocycles. The van der Waals surface area contributed by atoms with E-state index < -0.39 is 0 Å².